The summed E-state index contributed by atoms with van der Waals surface area (Å²) >= 11 is 0. The standard InChI is InChI=1S/C12H22N2O4/c1-4-5-12(3,13)10(17)14-7-11(2,8-14)18-6-9(15)16/h4-8,13H2,1-3H3,(H,15,16). The minimum absolute atomic E-state index is 0.0965. The Labute approximate surface area is 107 Å². The summed E-state index contributed by atoms with van der Waals surface area (Å²) in [6.45, 7) is 5.97. The van der Waals surface area contributed by atoms with Gasteiger partial charge in [0.15, 0.2) is 0 Å². The third-order valence-corrected chi connectivity index (χ3v) is 3.14. The van der Waals surface area contributed by atoms with Crippen LogP contribution in [0.1, 0.15) is 33.6 Å². The second-order valence-electron chi connectivity index (χ2n) is 5.46. The number of likely N-dealkylation sites (tertiary alicyclic amines) is 1. The Kier molecular flexibility index (Phi) is 4.34. The van der Waals surface area contributed by atoms with Crippen molar-refractivity contribution in [3.8, 4) is 0 Å². The average molecular weight is 258 g/mol. The van der Waals surface area contributed by atoms with Crippen LogP contribution in [-0.2, 0) is 14.3 Å². The van der Waals surface area contributed by atoms with Crippen molar-refractivity contribution in [3.05, 3.63) is 0 Å². The largest absolute Gasteiger partial charge is 0.480 e. The summed E-state index contributed by atoms with van der Waals surface area (Å²) in [5.74, 6) is -1.10. The van der Waals surface area contributed by atoms with Gasteiger partial charge in [-0.25, -0.2) is 4.79 Å². The molecule has 1 amide bonds. The van der Waals surface area contributed by atoms with E-state index in [0.29, 0.717) is 19.5 Å². The number of carbonyl (C=O) groups excluding carboxylic acids is 1. The van der Waals surface area contributed by atoms with E-state index in [4.69, 9.17) is 15.6 Å². The Morgan fingerprint density at radius 2 is 2.06 bits per heavy atom. The van der Waals surface area contributed by atoms with E-state index in [-0.39, 0.29) is 12.5 Å². The Balaban J connectivity index is 2.46. The summed E-state index contributed by atoms with van der Waals surface area (Å²) in [5.41, 5.74) is 4.56. The van der Waals surface area contributed by atoms with Crippen molar-refractivity contribution >= 4 is 11.9 Å². The summed E-state index contributed by atoms with van der Waals surface area (Å²) in [4.78, 5) is 24.1. The zero-order valence-corrected chi connectivity index (χ0v) is 11.2. The normalized spacial score (nSPS) is 21.0. The first kappa shape index (κ1) is 14.9. The third-order valence-electron chi connectivity index (χ3n) is 3.14. The molecule has 1 unspecified atom stereocenters. The molecule has 1 saturated heterocycles. The molecule has 0 aliphatic carbocycles. The average Bonchev–Trinajstić information content (AvgIpc) is 2.21. The van der Waals surface area contributed by atoms with Crippen LogP contribution in [0.2, 0.25) is 0 Å². The minimum atomic E-state index is -1.00. The highest BCUT2D eigenvalue weighted by atomic mass is 16.5. The first-order chi connectivity index (χ1) is 8.20. The molecule has 1 fully saturated rings. The summed E-state index contributed by atoms with van der Waals surface area (Å²) < 4.78 is 5.25. The monoisotopic (exact) mass is 258 g/mol. The predicted octanol–water partition coefficient (Wildman–Crippen LogP) is 0.206. The Morgan fingerprint density at radius 3 is 2.50 bits per heavy atom. The van der Waals surface area contributed by atoms with Gasteiger partial charge in [0.05, 0.1) is 18.6 Å². The topological polar surface area (TPSA) is 92.9 Å². The van der Waals surface area contributed by atoms with Gasteiger partial charge in [0, 0.05) is 0 Å². The fourth-order valence-corrected chi connectivity index (χ4v) is 2.22. The molecule has 1 aliphatic rings. The molecular weight excluding hydrogens is 236 g/mol. The van der Waals surface area contributed by atoms with E-state index in [1.807, 2.05) is 6.92 Å². The minimum Gasteiger partial charge on any atom is -0.480 e. The number of nitrogens with zero attached hydrogens (tertiary/aromatic N) is 1. The highest BCUT2D eigenvalue weighted by Crippen LogP contribution is 2.27. The number of rotatable bonds is 6. The molecule has 0 bridgehead atoms. The molecule has 0 spiro atoms. The number of ether oxygens (including phenoxy) is 1. The molecule has 1 heterocycles. The smallest absolute Gasteiger partial charge is 0.329 e. The van der Waals surface area contributed by atoms with Gasteiger partial charge in [-0.1, -0.05) is 13.3 Å². The van der Waals surface area contributed by atoms with E-state index in [2.05, 4.69) is 0 Å². The second-order valence-corrected chi connectivity index (χ2v) is 5.46. The number of nitrogens with two attached hydrogens (primary N) is 1. The molecule has 104 valence electrons. The van der Waals surface area contributed by atoms with Crippen molar-refractivity contribution in [2.75, 3.05) is 19.7 Å². The van der Waals surface area contributed by atoms with Crippen LogP contribution in [0.4, 0.5) is 0 Å². The second kappa shape index (κ2) is 5.24. The van der Waals surface area contributed by atoms with Crippen molar-refractivity contribution in [3.63, 3.8) is 0 Å². The van der Waals surface area contributed by atoms with Crippen LogP contribution in [0.5, 0.6) is 0 Å². The van der Waals surface area contributed by atoms with E-state index >= 15 is 0 Å². The number of amides is 1. The molecule has 0 radical (unpaired) electrons. The van der Waals surface area contributed by atoms with Gasteiger partial charge in [0.1, 0.15) is 12.2 Å². The van der Waals surface area contributed by atoms with Gasteiger partial charge in [-0.05, 0) is 20.3 Å². The Hall–Kier alpha value is -1.14. The molecule has 6 nitrogen and oxygen atoms in total. The summed E-state index contributed by atoms with van der Waals surface area (Å²) in [7, 11) is 0. The van der Waals surface area contributed by atoms with Crippen molar-refractivity contribution in [2.24, 2.45) is 5.73 Å². The lowest BCUT2D eigenvalue weighted by molar-refractivity contribution is -0.176. The highest BCUT2D eigenvalue weighted by Gasteiger charge is 2.46. The summed E-state index contributed by atoms with van der Waals surface area (Å²) in [6, 6.07) is 0. The van der Waals surface area contributed by atoms with Gasteiger partial charge < -0.3 is 20.5 Å². The van der Waals surface area contributed by atoms with Gasteiger partial charge in [-0.15, -0.1) is 0 Å². The Morgan fingerprint density at radius 1 is 1.50 bits per heavy atom. The molecule has 3 N–H and O–H groups in total. The van der Waals surface area contributed by atoms with E-state index in [9.17, 15) is 9.59 Å². The van der Waals surface area contributed by atoms with Gasteiger partial charge >= 0.3 is 5.97 Å². The van der Waals surface area contributed by atoms with Crippen LogP contribution in [-0.4, -0.2) is 52.7 Å². The molecule has 0 aromatic rings. The van der Waals surface area contributed by atoms with Gasteiger partial charge in [-0.2, -0.15) is 0 Å². The third kappa shape index (κ3) is 3.43. The first-order valence-corrected chi connectivity index (χ1v) is 6.14. The molecular formula is C12H22N2O4. The van der Waals surface area contributed by atoms with Crippen LogP contribution in [0.25, 0.3) is 0 Å². The fraction of sp³-hybridized carbons (Fsp3) is 0.833. The van der Waals surface area contributed by atoms with Crippen molar-refractivity contribution < 1.29 is 19.4 Å². The lowest BCUT2D eigenvalue weighted by Gasteiger charge is -2.49. The summed E-state index contributed by atoms with van der Waals surface area (Å²) in [5, 5.41) is 8.55. The van der Waals surface area contributed by atoms with E-state index in [1.165, 1.54) is 0 Å². The lowest BCUT2D eigenvalue weighted by Crippen LogP contribution is -2.68. The molecule has 18 heavy (non-hydrogen) atoms. The van der Waals surface area contributed by atoms with Crippen LogP contribution in [0.3, 0.4) is 0 Å². The van der Waals surface area contributed by atoms with Crippen LogP contribution < -0.4 is 5.73 Å². The molecule has 1 rings (SSSR count). The van der Waals surface area contributed by atoms with E-state index < -0.39 is 17.1 Å². The maximum Gasteiger partial charge on any atom is 0.329 e. The summed E-state index contributed by atoms with van der Waals surface area (Å²) in [6.07, 6.45) is 1.48. The van der Waals surface area contributed by atoms with Crippen LogP contribution >= 0.6 is 0 Å². The van der Waals surface area contributed by atoms with E-state index in [1.54, 1.807) is 18.7 Å². The molecule has 0 aromatic heterocycles. The lowest BCUT2D eigenvalue weighted by atomic mass is 9.89. The van der Waals surface area contributed by atoms with Gasteiger partial charge in [0.2, 0.25) is 5.91 Å². The highest BCUT2D eigenvalue weighted by molar-refractivity contribution is 5.86. The van der Waals surface area contributed by atoms with Crippen molar-refractivity contribution in [2.45, 2.75) is 44.8 Å². The van der Waals surface area contributed by atoms with Crippen molar-refractivity contribution in [1.82, 2.24) is 4.90 Å². The number of carboxylic acid groups (broad SMARTS) is 1. The van der Waals surface area contributed by atoms with Gasteiger partial charge in [0.25, 0.3) is 0 Å². The number of hydrogen-bond acceptors (Lipinski definition) is 4. The zero-order valence-electron chi connectivity index (χ0n) is 11.2. The molecule has 1 aliphatic heterocycles. The fourth-order valence-electron chi connectivity index (χ4n) is 2.22. The molecule has 0 aromatic carbocycles. The number of hydrogen-bond donors (Lipinski definition) is 2. The molecule has 0 saturated carbocycles. The van der Waals surface area contributed by atoms with E-state index in [0.717, 1.165) is 6.42 Å². The molecule has 6 heteroatoms. The van der Waals surface area contributed by atoms with Crippen LogP contribution in [0, 0.1) is 0 Å². The number of aliphatic carboxylic acids is 1. The maximum atomic E-state index is 12.1. The first-order valence-electron chi connectivity index (χ1n) is 6.14. The Bertz CT molecular complexity index is 335. The zero-order chi connectivity index (χ0) is 14.0. The van der Waals surface area contributed by atoms with Crippen LogP contribution in [0.15, 0.2) is 0 Å². The number of carboxylic acids is 1. The van der Waals surface area contributed by atoms with Crippen molar-refractivity contribution in [1.29, 1.82) is 0 Å². The maximum absolute atomic E-state index is 12.1. The SMILES string of the molecule is CCCC(C)(N)C(=O)N1CC(C)(OCC(=O)O)C1. The predicted molar refractivity (Wildman–Crippen MR) is 66.1 cm³/mol. The molecule has 1 atom stereocenters. The number of carbonyl (C=O) groups is 2. The quantitative estimate of drug-likeness (QED) is 0.710. The van der Waals surface area contributed by atoms with Gasteiger partial charge in [-0.3, -0.25) is 4.79 Å².